The molecule has 7 atom stereocenters. The number of hydrogen-bond acceptors (Lipinski definition) is 4. The second kappa shape index (κ2) is 6.28. The number of ether oxygens (including phenoxy) is 1. The Morgan fingerprint density at radius 2 is 1.85 bits per heavy atom. The van der Waals surface area contributed by atoms with Crippen LogP contribution in [0.5, 0.6) is 0 Å². The summed E-state index contributed by atoms with van der Waals surface area (Å²) >= 11 is 0. The highest BCUT2D eigenvalue weighted by Gasteiger charge is 2.62. The average molecular weight is 373 g/mol. The van der Waals surface area contributed by atoms with Crippen LogP contribution >= 0.6 is 0 Å². The minimum absolute atomic E-state index is 0.0409. The SMILES string of the molecule is CC(=O)OC1CC[C@@]2(C)C3CC(=O)[C@]4(C)C(C(C)=O)=CCC4C3CC[C@H]2C1. The van der Waals surface area contributed by atoms with E-state index >= 15 is 0 Å². The van der Waals surface area contributed by atoms with Gasteiger partial charge in [0.05, 0.1) is 5.41 Å². The van der Waals surface area contributed by atoms with Crippen molar-refractivity contribution in [3.05, 3.63) is 11.6 Å². The van der Waals surface area contributed by atoms with Crippen LogP contribution in [0.3, 0.4) is 0 Å². The van der Waals surface area contributed by atoms with Gasteiger partial charge in [-0.3, -0.25) is 14.4 Å². The first-order chi connectivity index (χ1) is 12.7. The summed E-state index contributed by atoms with van der Waals surface area (Å²) in [5.41, 5.74) is 0.350. The summed E-state index contributed by atoms with van der Waals surface area (Å²) in [4.78, 5) is 36.9. The Labute approximate surface area is 162 Å². The van der Waals surface area contributed by atoms with Gasteiger partial charge in [-0.05, 0) is 81.5 Å². The highest BCUT2D eigenvalue weighted by Crippen LogP contribution is 2.65. The van der Waals surface area contributed by atoms with E-state index in [-0.39, 0.29) is 35.0 Å². The zero-order valence-electron chi connectivity index (χ0n) is 17.0. The van der Waals surface area contributed by atoms with Crippen molar-refractivity contribution in [2.24, 2.45) is 34.5 Å². The molecule has 0 heterocycles. The van der Waals surface area contributed by atoms with Gasteiger partial charge in [-0.15, -0.1) is 0 Å². The lowest BCUT2D eigenvalue weighted by Gasteiger charge is -2.60. The number of carbonyl (C=O) groups is 3. The maximum Gasteiger partial charge on any atom is 0.302 e. The Balaban J connectivity index is 1.60. The van der Waals surface area contributed by atoms with Gasteiger partial charge in [-0.2, -0.15) is 0 Å². The van der Waals surface area contributed by atoms with Gasteiger partial charge in [0.2, 0.25) is 0 Å². The fraction of sp³-hybridized carbons (Fsp3) is 0.783. The van der Waals surface area contributed by atoms with Crippen LogP contribution in [-0.4, -0.2) is 23.6 Å². The molecule has 4 heteroatoms. The number of esters is 1. The number of ketones is 2. The number of fused-ring (bicyclic) bond motifs is 5. The molecule has 4 aliphatic carbocycles. The molecule has 148 valence electrons. The van der Waals surface area contributed by atoms with Crippen LogP contribution in [-0.2, 0) is 19.1 Å². The highest BCUT2D eigenvalue weighted by molar-refractivity contribution is 6.04. The summed E-state index contributed by atoms with van der Waals surface area (Å²) in [5, 5.41) is 0. The summed E-state index contributed by atoms with van der Waals surface area (Å²) in [6.45, 7) is 7.50. The van der Waals surface area contributed by atoms with Gasteiger partial charge in [0.25, 0.3) is 0 Å². The molecule has 27 heavy (non-hydrogen) atoms. The number of hydrogen-bond donors (Lipinski definition) is 0. The molecule has 4 nitrogen and oxygen atoms in total. The summed E-state index contributed by atoms with van der Waals surface area (Å²) in [7, 11) is 0. The number of Topliss-reactive ketones (excluding diaryl/α,β-unsaturated/α-hetero) is 2. The fourth-order valence-corrected chi connectivity index (χ4v) is 7.38. The number of allylic oxidation sites excluding steroid dienone is 2. The monoisotopic (exact) mass is 372 g/mol. The van der Waals surface area contributed by atoms with Crippen LogP contribution in [0.4, 0.5) is 0 Å². The fourth-order valence-electron chi connectivity index (χ4n) is 7.38. The summed E-state index contributed by atoms with van der Waals surface area (Å²) < 4.78 is 5.52. The van der Waals surface area contributed by atoms with E-state index in [1.807, 2.05) is 6.92 Å². The molecule has 0 aliphatic heterocycles. The Bertz CT molecular complexity index is 722. The van der Waals surface area contributed by atoms with Crippen molar-refractivity contribution in [3.63, 3.8) is 0 Å². The van der Waals surface area contributed by atoms with Gasteiger partial charge in [-0.25, -0.2) is 0 Å². The molecule has 0 amide bonds. The van der Waals surface area contributed by atoms with E-state index < -0.39 is 5.41 Å². The van der Waals surface area contributed by atoms with Crippen molar-refractivity contribution in [3.8, 4) is 0 Å². The van der Waals surface area contributed by atoms with Crippen LogP contribution in [0.15, 0.2) is 11.6 Å². The lowest BCUT2D eigenvalue weighted by atomic mass is 9.44. The van der Waals surface area contributed by atoms with E-state index in [2.05, 4.69) is 13.0 Å². The first-order valence-corrected chi connectivity index (χ1v) is 10.6. The Hall–Kier alpha value is -1.45. The van der Waals surface area contributed by atoms with Crippen LogP contribution < -0.4 is 0 Å². The topological polar surface area (TPSA) is 60.4 Å². The highest BCUT2D eigenvalue weighted by atomic mass is 16.5. The second-order valence-electron chi connectivity index (χ2n) is 9.90. The molecule has 3 fully saturated rings. The summed E-state index contributed by atoms with van der Waals surface area (Å²) in [5.74, 6) is 1.88. The maximum atomic E-state index is 13.3. The molecule has 0 spiro atoms. The third-order valence-corrected chi connectivity index (χ3v) is 8.79. The van der Waals surface area contributed by atoms with E-state index in [1.165, 1.54) is 6.92 Å². The first-order valence-electron chi connectivity index (χ1n) is 10.6. The van der Waals surface area contributed by atoms with E-state index in [0.717, 1.165) is 44.1 Å². The third-order valence-electron chi connectivity index (χ3n) is 8.79. The third kappa shape index (κ3) is 2.66. The molecule has 4 rings (SSSR count). The largest absolute Gasteiger partial charge is 0.463 e. The van der Waals surface area contributed by atoms with Crippen molar-refractivity contribution >= 4 is 17.5 Å². The summed E-state index contributed by atoms with van der Waals surface area (Å²) in [6, 6.07) is 0. The summed E-state index contributed by atoms with van der Waals surface area (Å²) in [6.07, 6.45) is 8.72. The molecule has 3 saturated carbocycles. The number of carbonyl (C=O) groups excluding carboxylic acids is 3. The van der Waals surface area contributed by atoms with Gasteiger partial charge in [-0.1, -0.05) is 13.0 Å². The molecule has 0 bridgehead atoms. The van der Waals surface area contributed by atoms with Crippen LogP contribution in [0, 0.1) is 34.5 Å². The predicted octanol–water partition coefficient (Wildman–Crippen LogP) is 4.27. The van der Waals surface area contributed by atoms with Gasteiger partial charge in [0, 0.05) is 18.9 Å². The lowest BCUT2D eigenvalue weighted by Crippen LogP contribution is -2.57. The molecular formula is C23H32O4. The average Bonchev–Trinajstić information content (AvgIpc) is 2.95. The standard InChI is InChI=1S/C23H32O4/c1-13(24)18-7-8-19-17-6-5-15-11-16(27-14(2)25)9-10-22(15,3)20(17)12-21(26)23(18,19)4/h7,15-17,19-20H,5-6,8-12H2,1-4H3/t15-,16?,17?,19?,20?,22+,23+/m0/s1. The molecule has 0 saturated heterocycles. The van der Waals surface area contributed by atoms with Gasteiger partial charge in [0.1, 0.15) is 11.9 Å². The van der Waals surface area contributed by atoms with Crippen molar-refractivity contribution in [1.82, 2.24) is 0 Å². The first kappa shape index (κ1) is 18.9. The smallest absolute Gasteiger partial charge is 0.302 e. The van der Waals surface area contributed by atoms with Crippen LogP contribution in [0.1, 0.15) is 72.6 Å². The van der Waals surface area contributed by atoms with E-state index in [0.29, 0.717) is 24.2 Å². The number of rotatable bonds is 2. The van der Waals surface area contributed by atoms with E-state index in [4.69, 9.17) is 4.74 Å². The quantitative estimate of drug-likeness (QED) is 0.679. The minimum atomic E-state index is -0.564. The van der Waals surface area contributed by atoms with Crippen molar-refractivity contribution in [2.75, 3.05) is 0 Å². The molecule has 4 unspecified atom stereocenters. The van der Waals surface area contributed by atoms with E-state index in [9.17, 15) is 14.4 Å². The lowest BCUT2D eigenvalue weighted by molar-refractivity contribution is -0.163. The molecule has 0 radical (unpaired) electrons. The van der Waals surface area contributed by atoms with Gasteiger partial charge >= 0.3 is 5.97 Å². The molecular weight excluding hydrogens is 340 g/mol. The Morgan fingerprint density at radius 3 is 2.52 bits per heavy atom. The van der Waals surface area contributed by atoms with Gasteiger partial charge < -0.3 is 4.74 Å². The molecule has 0 aromatic rings. The zero-order valence-corrected chi connectivity index (χ0v) is 17.0. The molecule has 0 N–H and O–H groups in total. The van der Waals surface area contributed by atoms with Gasteiger partial charge in [0.15, 0.2) is 5.78 Å². The van der Waals surface area contributed by atoms with Crippen LogP contribution in [0.2, 0.25) is 0 Å². The Kier molecular flexibility index (Phi) is 4.40. The normalized spacial score (nSPS) is 46.0. The zero-order chi connectivity index (χ0) is 19.6. The van der Waals surface area contributed by atoms with Crippen LogP contribution in [0.25, 0.3) is 0 Å². The molecule has 0 aromatic heterocycles. The second-order valence-corrected chi connectivity index (χ2v) is 9.90. The minimum Gasteiger partial charge on any atom is -0.463 e. The van der Waals surface area contributed by atoms with Crippen molar-refractivity contribution in [2.45, 2.75) is 78.7 Å². The van der Waals surface area contributed by atoms with E-state index in [1.54, 1.807) is 6.92 Å². The Morgan fingerprint density at radius 1 is 1.11 bits per heavy atom. The van der Waals surface area contributed by atoms with Crippen molar-refractivity contribution < 1.29 is 19.1 Å². The molecule has 0 aromatic carbocycles. The maximum absolute atomic E-state index is 13.3. The molecule has 4 aliphatic rings. The van der Waals surface area contributed by atoms with Crippen molar-refractivity contribution in [1.29, 1.82) is 0 Å². The predicted molar refractivity (Wildman–Crippen MR) is 102 cm³/mol.